The molecule has 3 aromatic rings. The Hall–Kier alpha value is -2.98. The maximum atomic E-state index is 12.8. The summed E-state index contributed by atoms with van der Waals surface area (Å²) in [4.78, 5) is 28.8. The Kier molecular flexibility index (Phi) is 8.58. The number of aromatic nitrogens is 3. The Bertz CT molecular complexity index is 1240. The predicted octanol–water partition coefficient (Wildman–Crippen LogP) is 5.02. The SMILES string of the molecule is COC(=O)C1CCC(Oc2cc(OC)c(CC(=O)c3nnc(Cc4ccc(Br)cc4Cl)o3)cn2)CC1. The standard InChI is InChI=1S/C25H25BrClN3O6/c1-33-21-12-22(35-18-7-4-14(5-8-18)25(32)34-2)28-13-16(21)9-20(31)24-30-29-23(36-24)10-15-3-6-17(26)11-19(15)27/h3,6,11-14,18H,4-5,7-10H2,1-2H3. The second-order valence-corrected chi connectivity index (χ2v) is 9.79. The van der Waals surface area contributed by atoms with Gasteiger partial charge in [0, 0.05) is 33.7 Å². The summed E-state index contributed by atoms with van der Waals surface area (Å²) in [6.07, 6.45) is 4.66. The summed E-state index contributed by atoms with van der Waals surface area (Å²) >= 11 is 9.62. The number of ketones is 1. The highest BCUT2D eigenvalue weighted by molar-refractivity contribution is 9.10. The van der Waals surface area contributed by atoms with Crippen molar-refractivity contribution in [1.82, 2.24) is 15.2 Å². The van der Waals surface area contributed by atoms with Crippen LogP contribution in [0.1, 0.15) is 53.4 Å². The van der Waals surface area contributed by atoms with Crippen molar-refractivity contribution in [3.05, 3.63) is 62.9 Å². The van der Waals surface area contributed by atoms with Crippen LogP contribution in [0, 0.1) is 5.92 Å². The van der Waals surface area contributed by atoms with E-state index in [2.05, 4.69) is 31.1 Å². The number of hydrogen-bond donors (Lipinski definition) is 0. The second-order valence-electron chi connectivity index (χ2n) is 8.46. The number of benzene rings is 1. The molecule has 0 unspecified atom stereocenters. The van der Waals surface area contributed by atoms with Crippen molar-refractivity contribution < 1.29 is 28.2 Å². The van der Waals surface area contributed by atoms with Crippen LogP contribution in [0.15, 0.2) is 39.4 Å². The molecule has 36 heavy (non-hydrogen) atoms. The number of halogens is 2. The van der Waals surface area contributed by atoms with Gasteiger partial charge in [0.1, 0.15) is 11.9 Å². The zero-order chi connectivity index (χ0) is 25.7. The van der Waals surface area contributed by atoms with Gasteiger partial charge < -0.3 is 18.6 Å². The van der Waals surface area contributed by atoms with Crippen molar-refractivity contribution in [2.75, 3.05) is 14.2 Å². The van der Waals surface area contributed by atoms with Crippen molar-refractivity contribution in [2.24, 2.45) is 5.92 Å². The molecule has 9 nitrogen and oxygen atoms in total. The summed E-state index contributed by atoms with van der Waals surface area (Å²) in [6.45, 7) is 0. The predicted molar refractivity (Wildman–Crippen MR) is 133 cm³/mol. The first-order valence-corrected chi connectivity index (χ1v) is 12.6. The summed E-state index contributed by atoms with van der Waals surface area (Å²) in [5.41, 5.74) is 1.38. The van der Waals surface area contributed by atoms with Gasteiger partial charge >= 0.3 is 5.97 Å². The molecule has 0 saturated heterocycles. The molecule has 1 fully saturated rings. The molecule has 0 N–H and O–H groups in total. The fourth-order valence-corrected chi connectivity index (χ4v) is 4.84. The number of methoxy groups -OCH3 is 2. The van der Waals surface area contributed by atoms with Gasteiger partial charge in [-0.25, -0.2) is 4.98 Å². The molecule has 11 heteroatoms. The van der Waals surface area contributed by atoms with E-state index in [1.807, 2.05) is 12.1 Å². The van der Waals surface area contributed by atoms with Crippen LogP contribution < -0.4 is 9.47 Å². The van der Waals surface area contributed by atoms with Gasteiger partial charge in [0.25, 0.3) is 5.89 Å². The molecule has 0 amide bonds. The lowest BCUT2D eigenvalue weighted by Crippen LogP contribution is -2.28. The average Bonchev–Trinajstić information content (AvgIpc) is 3.35. The molecule has 2 heterocycles. The number of ether oxygens (including phenoxy) is 3. The third kappa shape index (κ3) is 6.41. The molecule has 0 aliphatic heterocycles. The third-order valence-electron chi connectivity index (χ3n) is 6.05. The monoisotopic (exact) mass is 577 g/mol. The Balaban J connectivity index is 1.37. The minimum Gasteiger partial charge on any atom is -0.496 e. The Labute approximate surface area is 221 Å². The number of esters is 1. The van der Waals surface area contributed by atoms with Crippen LogP contribution in [0.25, 0.3) is 0 Å². The highest BCUT2D eigenvalue weighted by Gasteiger charge is 2.28. The van der Waals surface area contributed by atoms with Crippen LogP contribution in [0.4, 0.5) is 0 Å². The van der Waals surface area contributed by atoms with Crippen molar-refractivity contribution in [2.45, 2.75) is 44.6 Å². The Morgan fingerprint density at radius 3 is 2.58 bits per heavy atom. The second kappa shape index (κ2) is 11.8. The van der Waals surface area contributed by atoms with Gasteiger partial charge in [-0.3, -0.25) is 9.59 Å². The van der Waals surface area contributed by atoms with Crippen molar-refractivity contribution >= 4 is 39.3 Å². The van der Waals surface area contributed by atoms with E-state index in [1.165, 1.54) is 14.2 Å². The van der Waals surface area contributed by atoms with Gasteiger partial charge in [-0.15, -0.1) is 10.2 Å². The quantitative estimate of drug-likeness (QED) is 0.255. The molecule has 1 saturated carbocycles. The van der Waals surface area contributed by atoms with E-state index in [4.69, 9.17) is 30.2 Å². The summed E-state index contributed by atoms with van der Waals surface area (Å²) in [6, 6.07) is 7.15. The first-order valence-electron chi connectivity index (χ1n) is 11.4. The molecule has 190 valence electrons. The summed E-state index contributed by atoms with van der Waals surface area (Å²) in [5.74, 6) is 0.455. The van der Waals surface area contributed by atoms with E-state index >= 15 is 0 Å². The third-order valence-corrected chi connectivity index (χ3v) is 6.89. The van der Waals surface area contributed by atoms with E-state index in [-0.39, 0.29) is 36.1 Å². The molecular weight excluding hydrogens is 554 g/mol. The van der Waals surface area contributed by atoms with Gasteiger partial charge in [-0.1, -0.05) is 33.6 Å². The summed E-state index contributed by atoms with van der Waals surface area (Å²) in [5, 5.41) is 8.43. The summed E-state index contributed by atoms with van der Waals surface area (Å²) in [7, 11) is 2.92. The normalized spacial score (nSPS) is 17.4. The molecule has 2 aromatic heterocycles. The van der Waals surface area contributed by atoms with Crippen molar-refractivity contribution in [3.63, 3.8) is 0 Å². The fraction of sp³-hybridized carbons (Fsp3) is 0.400. The number of hydrogen-bond acceptors (Lipinski definition) is 9. The van der Waals surface area contributed by atoms with Crippen molar-refractivity contribution in [3.8, 4) is 11.6 Å². The van der Waals surface area contributed by atoms with E-state index in [1.54, 1.807) is 18.3 Å². The molecule has 1 aliphatic carbocycles. The zero-order valence-electron chi connectivity index (χ0n) is 19.8. The Morgan fingerprint density at radius 2 is 1.89 bits per heavy atom. The molecule has 1 aliphatic rings. The first kappa shape index (κ1) is 26.1. The number of nitrogens with zero attached hydrogens (tertiary/aromatic N) is 3. The van der Waals surface area contributed by atoms with E-state index in [0.717, 1.165) is 22.9 Å². The van der Waals surface area contributed by atoms with E-state index < -0.39 is 0 Å². The van der Waals surface area contributed by atoms with E-state index in [0.29, 0.717) is 47.4 Å². The fourth-order valence-electron chi connectivity index (χ4n) is 4.10. The number of rotatable bonds is 9. The lowest BCUT2D eigenvalue weighted by Gasteiger charge is -2.27. The molecule has 0 bridgehead atoms. The van der Waals surface area contributed by atoms with Crippen LogP contribution in [-0.2, 0) is 22.4 Å². The topological polar surface area (TPSA) is 114 Å². The van der Waals surface area contributed by atoms with Crippen LogP contribution in [0.3, 0.4) is 0 Å². The highest BCUT2D eigenvalue weighted by Crippen LogP contribution is 2.30. The van der Waals surface area contributed by atoms with E-state index in [9.17, 15) is 9.59 Å². The first-order chi connectivity index (χ1) is 17.4. The maximum Gasteiger partial charge on any atom is 0.308 e. The highest BCUT2D eigenvalue weighted by atomic mass is 79.9. The smallest absolute Gasteiger partial charge is 0.308 e. The number of carbonyl (C=O) groups is 2. The molecule has 1 aromatic carbocycles. The lowest BCUT2D eigenvalue weighted by atomic mass is 9.87. The molecule has 0 atom stereocenters. The molecule has 0 radical (unpaired) electrons. The number of Topliss-reactive ketones (excluding diaryl/α,β-unsaturated/α-hetero) is 1. The number of pyridine rings is 1. The van der Waals surface area contributed by atoms with Gasteiger partial charge in [0.15, 0.2) is 0 Å². The van der Waals surface area contributed by atoms with Gasteiger partial charge in [0.05, 0.1) is 26.6 Å². The van der Waals surface area contributed by atoms with Gasteiger partial charge in [-0.05, 0) is 43.4 Å². The molecule has 0 spiro atoms. The van der Waals surface area contributed by atoms with Crippen LogP contribution in [0.5, 0.6) is 11.6 Å². The Morgan fingerprint density at radius 1 is 1.11 bits per heavy atom. The average molecular weight is 579 g/mol. The van der Waals surface area contributed by atoms with Crippen LogP contribution in [0.2, 0.25) is 5.02 Å². The van der Waals surface area contributed by atoms with Gasteiger partial charge in [0.2, 0.25) is 17.6 Å². The number of carbonyl (C=O) groups excluding carboxylic acids is 2. The minimum atomic E-state index is -0.356. The van der Waals surface area contributed by atoms with Crippen LogP contribution in [-0.4, -0.2) is 47.3 Å². The molecular formula is C25H25BrClN3O6. The van der Waals surface area contributed by atoms with Crippen molar-refractivity contribution in [1.29, 1.82) is 0 Å². The largest absolute Gasteiger partial charge is 0.496 e. The van der Waals surface area contributed by atoms with Crippen LogP contribution >= 0.6 is 27.5 Å². The zero-order valence-corrected chi connectivity index (χ0v) is 22.2. The maximum absolute atomic E-state index is 12.8. The minimum absolute atomic E-state index is 0.0264. The van der Waals surface area contributed by atoms with Gasteiger partial charge in [-0.2, -0.15) is 0 Å². The lowest BCUT2D eigenvalue weighted by molar-refractivity contribution is -0.147. The summed E-state index contributed by atoms with van der Waals surface area (Å²) < 4.78 is 22.7. The molecule has 4 rings (SSSR count).